The summed E-state index contributed by atoms with van der Waals surface area (Å²) < 4.78 is 10.3. The summed E-state index contributed by atoms with van der Waals surface area (Å²) >= 11 is 5.80. The lowest BCUT2D eigenvalue weighted by Crippen LogP contribution is -2.20. The molecule has 0 aliphatic carbocycles. The van der Waals surface area contributed by atoms with Gasteiger partial charge in [-0.15, -0.1) is 0 Å². The molecular formula is C18H20ClN5O3. The molecule has 3 rings (SSSR count). The third-order valence-electron chi connectivity index (χ3n) is 4.20. The first kappa shape index (κ1) is 18.9. The Hall–Kier alpha value is -2.87. The Morgan fingerprint density at radius 3 is 2.70 bits per heavy atom. The zero-order chi connectivity index (χ0) is 19.4. The van der Waals surface area contributed by atoms with E-state index in [0.717, 1.165) is 18.4 Å². The first-order chi connectivity index (χ1) is 12.9. The van der Waals surface area contributed by atoms with Gasteiger partial charge in [0.05, 0.1) is 13.2 Å². The van der Waals surface area contributed by atoms with Crippen molar-refractivity contribution in [2.75, 3.05) is 12.4 Å². The molecule has 0 spiro atoms. The van der Waals surface area contributed by atoms with Crippen molar-refractivity contribution in [3.05, 3.63) is 46.9 Å². The number of hydrogen-bond donors (Lipinski definition) is 2. The van der Waals surface area contributed by atoms with E-state index >= 15 is 0 Å². The van der Waals surface area contributed by atoms with Crippen LogP contribution >= 0.6 is 11.6 Å². The van der Waals surface area contributed by atoms with Gasteiger partial charge >= 0.3 is 0 Å². The maximum absolute atomic E-state index is 12.3. The van der Waals surface area contributed by atoms with Crippen molar-refractivity contribution in [3.63, 3.8) is 0 Å². The predicted octanol–water partition coefficient (Wildman–Crippen LogP) is 2.43. The molecule has 1 aliphatic rings. The highest BCUT2D eigenvalue weighted by atomic mass is 35.5. The molecule has 2 unspecified atom stereocenters. The van der Waals surface area contributed by atoms with Crippen molar-refractivity contribution in [2.24, 2.45) is 10.7 Å². The molecule has 0 radical (unpaired) electrons. The highest BCUT2D eigenvalue weighted by Gasteiger charge is 2.25. The van der Waals surface area contributed by atoms with Crippen LogP contribution < -0.4 is 15.8 Å². The number of nitrogens with two attached hydrogens (primary N) is 1. The number of anilines is 1. The average molecular weight is 390 g/mol. The van der Waals surface area contributed by atoms with E-state index < -0.39 is 5.91 Å². The van der Waals surface area contributed by atoms with E-state index in [0.29, 0.717) is 5.69 Å². The molecule has 1 aromatic heterocycles. The predicted molar refractivity (Wildman–Crippen MR) is 102 cm³/mol. The van der Waals surface area contributed by atoms with Gasteiger partial charge in [-0.05, 0) is 49.1 Å². The fourth-order valence-electron chi connectivity index (χ4n) is 2.75. The van der Waals surface area contributed by atoms with Gasteiger partial charge in [0.15, 0.2) is 0 Å². The van der Waals surface area contributed by atoms with Crippen LogP contribution in [0.15, 0.2) is 35.3 Å². The Morgan fingerprint density at radius 1 is 1.33 bits per heavy atom. The Kier molecular flexibility index (Phi) is 5.75. The summed E-state index contributed by atoms with van der Waals surface area (Å²) in [7, 11) is 1.44. The number of nitrogens with one attached hydrogen (secondary N) is 1. The van der Waals surface area contributed by atoms with Gasteiger partial charge in [-0.1, -0.05) is 12.1 Å². The van der Waals surface area contributed by atoms with Crippen LogP contribution in [0, 0.1) is 0 Å². The number of carbonyl (C=O) groups is 1. The van der Waals surface area contributed by atoms with Crippen molar-refractivity contribution >= 4 is 29.2 Å². The second-order valence-electron chi connectivity index (χ2n) is 6.11. The van der Waals surface area contributed by atoms with E-state index in [2.05, 4.69) is 20.3 Å². The van der Waals surface area contributed by atoms with Crippen molar-refractivity contribution < 1.29 is 14.3 Å². The number of aryl methyl sites for hydroxylation is 1. The van der Waals surface area contributed by atoms with Crippen molar-refractivity contribution in [3.8, 4) is 5.88 Å². The van der Waals surface area contributed by atoms with Crippen LogP contribution in [0.3, 0.4) is 0 Å². The Labute approximate surface area is 161 Å². The summed E-state index contributed by atoms with van der Waals surface area (Å²) in [6, 6.07) is 9.33. The van der Waals surface area contributed by atoms with Crippen molar-refractivity contribution in [1.82, 2.24) is 9.97 Å². The molecule has 1 aliphatic heterocycles. The minimum absolute atomic E-state index is 0.000221. The number of nitrogens with zero attached hydrogens (tertiary/aromatic N) is 3. The number of halogens is 1. The standard InChI is InChI=1S/C18H20ClN5O3/c1-10-13(23-18(20)27-10)8-5-11-3-6-12(7-4-11)21-16(25)14-9-15(26-2)24-17(19)22-14/h3-4,6-7,9-10,13H,5,8H2,1-2H3,(H2,20,23)(H,21,25). The lowest BCUT2D eigenvalue weighted by Gasteiger charge is -2.12. The summed E-state index contributed by atoms with van der Waals surface area (Å²) in [6.45, 7) is 1.96. The number of aromatic nitrogens is 2. The molecule has 2 heterocycles. The van der Waals surface area contributed by atoms with Crippen LogP contribution in [0.5, 0.6) is 5.88 Å². The number of rotatable bonds is 6. The zero-order valence-electron chi connectivity index (χ0n) is 15.0. The molecule has 1 amide bonds. The summed E-state index contributed by atoms with van der Waals surface area (Å²) in [6.07, 6.45) is 1.68. The highest BCUT2D eigenvalue weighted by Crippen LogP contribution is 2.19. The number of benzene rings is 1. The van der Waals surface area contributed by atoms with Crippen LogP contribution in [0.25, 0.3) is 0 Å². The van der Waals surface area contributed by atoms with Gasteiger partial charge in [0.1, 0.15) is 11.8 Å². The van der Waals surface area contributed by atoms with Gasteiger partial charge in [0.25, 0.3) is 11.9 Å². The van der Waals surface area contributed by atoms with Gasteiger partial charge in [-0.25, -0.2) is 9.98 Å². The van der Waals surface area contributed by atoms with Crippen LogP contribution in [0.4, 0.5) is 5.69 Å². The molecular weight excluding hydrogens is 370 g/mol. The monoisotopic (exact) mass is 389 g/mol. The third-order valence-corrected chi connectivity index (χ3v) is 4.37. The van der Waals surface area contributed by atoms with Crippen LogP contribution in [-0.2, 0) is 11.2 Å². The lowest BCUT2D eigenvalue weighted by molar-refractivity contribution is 0.102. The van der Waals surface area contributed by atoms with E-state index in [1.54, 1.807) is 0 Å². The molecule has 142 valence electrons. The fraction of sp³-hybridized carbons (Fsp3) is 0.333. The topological polar surface area (TPSA) is 112 Å². The molecule has 2 aromatic rings. The first-order valence-corrected chi connectivity index (χ1v) is 8.81. The molecule has 8 nitrogen and oxygen atoms in total. The second-order valence-corrected chi connectivity index (χ2v) is 6.45. The molecule has 0 saturated heterocycles. The number of methoxy groups -OCH3 is 1. The molecule has 1 aromatic carbocycles. The quantitative estimate of drug-likeness (QED) is 0.734. The first-order valence-electron chi connectivity index (χ1n) is 8.43. The normalized spacial score (nSPS) is 18.6. The summed E-state index contributed by atoms with van der Waals surface area (Å²) in [4.78, 5) is 24.4. The molecule has 0 bridgehead atoms. The van der Waals surface area contributed by atoms with Gasteiger partial charge in [0, 0.05) is 11.8 Å². The fourth-order valence-corrected chi connectivity index (χ4v) is 2.92. The Morgan fingerprint density at radius 2 is 2.07 bits per heavy atom. The third kappa shape index (κ3) is 4.85. The van der Waals surface area contributed by atoms with Gasteiger partial charge < -0.3 is 20.5 Å². The number of aliphatic imine (C=N–C) groups is 1. The van der Waals surface area contributed by atoms with E-state index in [4.69, 9.17) is 26.8 Å². The minimum Gasteiger partial charge on any atom is -0.481 e. The molecule has 9 heteroatoms. The summed E-state index contributed by atoms with van der Waals surface area (Å²) in [5.41, 5.74) is 7.50. The summed E-state index contributed by atoms with van der Waals surface area (Å²) in [5, 5.41) is 2.72. The maximum Gasteiger partial charge on any atom is 0.282 e. The van der Waals surface area contributed by atoms with Gasteiger partial charge in [-0.3, -0.25) is 4.79 Å². The van der Waals surface area contributed by atoms with Crippen molar-refractivity contribution in [2.45, 2.75) is 31.9 Å². The summed E-state index contributed by atoms with van der Waals surface area (Å²) in [5.74, 6) is -0.170. The molecule has 27 heavy (non-hydrogen) atoms. The molecule has 2 atom stereocenters. The Balaban J connectivity index is 1.59. The molecule has 0 fully saturated rings. The number of amidine groups is 1. The largest absolute Gasteiger partial charge is 0.481 e. The van der Waals surface area contributed by atoms with Gasteiger partial charge in [0.2, 0.25) is 11.2 Å². The van der Waals surface area contributed by atoms with Gasteiger partial charge in [-0.2, -0.15) is 4.98 Å². The van der Waals surface area contributed by atoms with E-state index in [-0.39, 0.29) is 35.0 Å². The highest BCUT2D eigenvalue weighted by molar-refractivity contribution is 6.28. The zero-order valence-corrected chi connectivity index (χ0v) is 15.7. The average Bonchev–Trinajstić information content (AvgIpc) is 2.97. The van der Waals surface area contributed by atoms with Crippen LogP contribution in [-0.4, -0.2) is 41.2 Å². The number of ether oxygens (including phenoxy) is 2. The molecule has 0 saturated carbocycles. The molecule has 3 N–H and O–H groups in total. The SMILES string of the molecule is COc1cc(C(=O)Nc2ccc(CCC3N=C(N)OC3C)cc2)nc(Cl)n1. The van der Waals surface area contributed by atoms with Crippen LogP contribution in [0.1, 0.15) is 29.4 Å². The van der Waals surface area contributed by atoms with E-state index in [1.807, 2.05) is 31.2 Å². The maximum atomic E-state index is 12.3. The number of hydrogen-bond acceptors (Lipinski definition) is 7. The van der Waals surface area contributed by atoms with E-state index in [9.17, 15) is 4.79 Å². The number of amides is 1. The number of carbonyl (C=O) groups excluding carboxylic acids is 1. The Bertz CT molecular complexity index is 857. The van der Waals surface area contributed by atoms with E-state index in [1.165, 1.54) is 13.2 Å². The second kappa shape index (κ2) is 8.22. The van der Waals surface area contributed by atoms with Crippen molar-refractivity contribution in [1.29, 1.82) is 0 Å². The van der Waals surface area contributed by atoms with Crippen LogP contribution in [0.2, 0.25) is 5.28 Å². The lowest BCUT2D eigenvalue weighted by atomic mass is 10.0. The minimum atomic E-state index is -0.396. The smallest absolute Gasteiger partial charge is 0.282 e.